The van der Waals surface area contributed by atoms with E-state index in [1.807, 2.05) is 0 Å². The number of alkyl halides is 7. The molecule has 1 N–H and O–H groups in total. The Hall–Kier alpha value is -1.11. The largest absolute Gasteiger partial charge is 0.508 e. The van der Waals surface area contributed by atoms with Crippen molar-refractivity contribution in [3.05, 3.63) is 29.3 Å². The molecule has 1 rings (SSSR count). The van der Waals surface area contributed by atoms with Crippen LogP contribution in [0.4, 0.5) is 26.3 Å². The van der Waals surface area contributed by atoms with Crippen molar-refractivity contribution in [1.82, 2.24) is 0 Å². The van der Waals surface area contributed by atoms with Crippen molar-refractivity contribution in [2.75, 3.05) is 0 Å². The van der Waals surface area contributed by atoms with Crippen LogP contribution >= 0.6 is 11.6 Å². The summed E-state index contributed by atoms with van der Waals surface area (Å²) in [6.45, 7) is 1.08. The van der Waals surface area contributed by atoms with E-state index in [4.69, 9.17) is 16.7 Å². The van der Waals surface area contributed by atoms with Crippen LogP contribution in [-0.2, 0) is 12.1 Å². The van der Waals surface area contributed by atoms with Crippen molar-refractivity contribution < 1.29 is 31.4 Å². The fourth-order valence-electron chi connectivity index (χ4n) is 0.945. The zero-order chi connectivity index (χ0) is 15.3. The van der Waals surface area contributed by atoms with Crippen LogP contribution in [0.1, 0.15) is 24.5 Å². The molecule has 0 spiro atoms. The Labute approximate surface area is 110 Å². The Kier molecular flexibility index (Phi) is 6.48. The van der Waals surface area contributed by atoms with Crippen molar-refractivity contribution >= 4 is 11.6 Å². The summed E-state index contributed by atoms with van der Waals surface area (Å²) in [5.41, 5.74) is -0.922. The van der Waals surface area contributed by atoms with Crippen LogP contribution in [0.3, 0.4) is 0 Å². The maximum Gasteiger partial charge on any atom is 0.416 e. The van der Waals surface area contributed by atoms with Gasteiger partial charge in [-0.2, -0.15) is 26.3 Å². The number of rotatable bonds is 1. The first-order valence-corrected chi connectivity index (χ1v) is 5.56. The third-order valence-electron chi connectivity index (χ3n) is 1.94. The van der Waals surface area contributed by atoms with Gasteiger partial charge < -0.3 is 5.11 Å². The summed E-state index contributed by atoms with van der Waals surface area (Å²) in [4.78, 5) is 0. The quantitative estimate of drug-likeness (QED) is 0.564. The molecule has 0 atom stereocenters. The van der Waals surface area contributed by atoms with Gasteiger partial charge in [-0.25, -0.2) is 0 Å². The van der Waals surface area contributed by atoms with Gasteiger partial charge in [0.2, 0.25) is 0 Å². The molecule has 1 aromatic rings. The lowest BCUT2D eigenvalue weighted by Crippen LogP contribution is -2.07. The van der Waals surface area contributed by atoms with Gasteiger partial charge in [0.1, 0.15) is 5.75 Å². The van der Waals surface area contributed by atoms with Gasteiger partial charge in [0.25, 0.3) is 0 Å². The zero-order valence-corrected chi connectivity index (χ0v) is 10.5. The minimum Gasteiger partial charge on any atom is -0.508 e. The number of hydrogen-bond acceptors (Lipinski definition) is 1. The smallest absolute Gasteiger partial charge is 0.416 e. The molecule has 0 fully saturated rings. The van der Waals surface area contributed by atoms with Crippen LogP contribution in [0.5, 0.6) is 5.75 Å². The molecule has 19 heavy (non-hydrogen) atoms. The van der Waals surface area contributed by atoms with E-state index in [0.717, 1.165) is 13.0 Å². The maximum absolute atomic E-state index is 12.2. The van der Waals surface area contributed by atoms with E-state index in [2.05, 4.69) is 0 Å². The van der Waals surface area contributed by atoms with Crippen molar-refractivity contribution in [3.8, 4) is 5.75 Å². The van der Waals surface area contributed by atoms with E-state index in [9.17, 15) is 26.3 Å². The average molecular weight is 309 g/mol. The molecular formula is C11H11ClF6O. The Morgan fingerprint density at radius 1 is 1.11 bits per heavy atom. The third kappa shape index (κ3) is 7.15. The highest BCUT2D eigenvalue weighted by atomic mass is 35.5. The number of phenolic OH excluding ortho intramolecular Hbond substituents is 1. The lowest BCUT2D eigenvalue weighted by atomic mass is 10.1. The lowest BCUT2D eigenvalue weighted by Gasteiger charge is -2.10. The molecule has 0 saturated carbocycles. The van der Waals surface area contributed by atoms with Crippen molar-refractivity contribution in [2.45, 2.75) is 31.6 Å². The number of phenols is 1. The second-order valence-corrected chi connectivity index (χ2v) is 3.71. The summed E-state index contributed by atoms with van der Waals surface area (Å²) in [7, 11) is 0. The van der Waals surface area contributed by atoms with E-state index >= 15 is 0 Å². The van der Waals surface area contributed by atoms with Crippen molar-refractivity contribution in [2.24, 2.45) is 0 Å². The molecule has 0 radical (unpaired) electrons. The van der Waals surface area contributed by atoms with Crippen LogP contribution in [0.2, 0.25) is 0 Å². The first kappa shape index (κ1) is 17.9. The minimum absolute atomic E-state index is 0.0352. The van der Waals surface area contributed by atoms with Gasteiger partial charge in [-0.3, -0.25) is 0 Å². The van der Waals surface area contributed by atoms with E-state index in [1.54, 1.807) is 0 Å². The fraction of sp³-hybridized carbons (Fsp3) is 0.455. The Balaban J connectivity index is 0.000000459. The summed E-state index contributed by atoms with van der Waals surface area (Å²) in [6.07, 6.45) is -9.16. The molecule has 0 aromatic heterocycles. The highest BCUT2D eigenvalue weighted by molar-refractivity contribution is 6.17. The normalized spacial score (nSPS) is 11.8. The first-order valence-electron chi connectivity index (χ1n) is 5.03. The Bertz CT molecular complexity index is 399. The van der Waals surface area contributed by atoms with Gasteiger partial charge in [0.15, 0.2) is 0 Å². The second kappa shape index (κ2) is 6.88. The van der Waals surface area contributed by atoms with Crippen LogP contribution in [-0.4, -0.2) is 11.3 Å². The summed E-state index contributed by atoms with van der Waals surface area (Å²) in [5, 5.41) is 8.85. The topological polar surface area (TPSA) is 20.2 Å². The number of halogens is 7. The highest BCUT2D eigenvalue weighted by Crippen LogP contribution is 2.34. The molecule has 0 aliphatic carbocycles. The lowest BCUT2D eigenvalue weighted by molar-refractivity contribution is -0.138. The summed E-state index contributed by atoms with van der Waals surface area (Å²) >= 11 is 5.31. The maximum atomic E-state index is 12.2. The van der Waals surface area contributed by atoms with Gasteiger partial charge >= 0.3 is 12.4 Å². The monoisotopic (exact) mass is 308 g/mol. The third-order valence-corrected chi connectivity index (χ3v) is 2.23. The molecule has 0 amide bonds. The van der Waals surface area contributed by atoms with Gasteiger partial charge in [-0.05, 0) is 17.7 Å². The molecule has 0 aliphatic heterocycles. The summed E-state index contributed by atoms with van der Waals surface area (Å²) in [6, 6.07) is 3.00. The molecule has 0 unspecified atom stereocenters. The molecule has 0 aliphatic rings. The summed E-state index contributed by atoms with van der Waals surface area (Å²) in [5.74, 6) is -0.643. The second-order valence-electron chi connectivity index (χ2n) is 3.44. The van der Waals surface area contributed by atoms with Crippen molar-refractivity contribution in [1.29, 1.82) is 0 Å². The minimum atomic E-state index is -4.47. The average Bonchev–Trinajstić information content (AvgIpc) is 2.28. The predicted molar refractivity (Wildman–Crippen MR) is 59.0 cm³/mol. The van der Waals surface area contributed by atoms with Crippen LogP contribution in [0.25, 0.3) is 0 Å². The Morgan fingerprint density at radius 3 is 1.89 bits per heavy atom. The Morgan fingerprint density at radius 2 is 1.58 bits per heavy atom. The van der Waals surface area contributed by atoms with Gasteiger partial charge in [-0.15, -0.1) is 11.6 Å². The highest BCUT2D eigenvalue weighted by Gasteiger charge is 2.33. The van der Waals surface area contributed by atoms with Gasteiger partial charge in [0.05, 0.1) is 5.56 Å². The van der Waals surface area contributed by atoms with Crippen LogP contribution in [0.15, 0.2) is 18.2 Å². The number of hydrogen-bond donors (Lipinski definition) is 1. The van der Waals surface area contributed by atoms with E-state index in [-0.39, 0.29) is 11.4 Å². The number of aromatic hydroxyl groups is 1. The molecule has 1 nitrogen and oxygen atoms in total. The van der Waals surface area contributed by atoms with E-state index in [0.29, 0.717) is 6.07 Å². The zero-order valence-electron chi connectivity index (χ0n) is 9.74. The molecule has 1 aromatic carbocycles. The van der Waals surface area contributed by atoms with E-state index in [1.165, 1.54) is 6.07 Å². The van der Waals surface area contributed by atoms with Gasteiger partial charge in [0, 0.05) is 12.3 Å². The molecule has 8 heteroatoms. The van der Waals surface area contributed by atoms with Gasteiger partial charge in [-0.1, -0.05) is 13.0 Å². The molecule has 0 saturated heterocycles. The van der Waals surface area contributed by atoms with Crippen LogP contribution < -0.4 is 0 Å². The SMILES string of the molecule is CCC(F)(F)F.Oc1ccc(CCl)c(C(F)(F)F)c1. The predicted octanol–water partition coefficient (Wildman–Crippen LogP) is 5.11. The fourth-order valence-corrected chi connectivity index (χ4v) is 1.18. The summed E-state index contributed by atoms with van der Waals surface area (Å²) < 4.78 is 69.1. The van der Waals surface area contributed by atoms with Crippen molar-refractivity contribution in [3.63, 3.8) is 0 Å². The first-order chi connectivity index (χ1) is 8.51. The van der Waals surface area contributed by atoms with Crippen LogP contribution in [0, 0.1) is 0 Å². The molecule has 0 bridgehead atoms. The molecule has 110 valence electrons. The standard InChI is InChI=1S/C8H6ClF3O.C3H5F3/c9-4-5-1-2-6(13)3-7(5)8(10,11)12;1-2-3(4,5)6/h1-3,13H,4H2;2H2,1H3. The molecule has 0 heterocycles. The number of benzene rings is 1. The van der Waals surface area contributed by atoms with E-state index < -0.39 is 30.1 Å². The molecular weight excluding hydrogens is 298 g/mol.